The molecule has 0 bridgehead atoms. The highest BCUT2D eigenvalue weighted by Crippen LogP contribution is 2.63. The third kappa shape index (κ3) is 6.77. The Morgan fingerprint density at radius 3 is 1.26 bits per heavy atom. The molecule has 2 aliphatic rings. The van der Waals surface area contributed by atoms with Crippen molar-refractivity contribution in [3.63, 3.8) is 0 Å². The second-order valence-corrected chi connectivity index (χ2v) is 17.1. The molecular weight excluding hydrogens is 783 g/mol. The molecule has 0 fully saturated rings. The van der Waals surface area contributed by atoms with Crippen molar-refractivity contribution < 1.29 is 0 Å². The topological polar surface area (TPSA) is 12.4 Å². The maximum Gasteiger partial charge on any atom is 0.0746 e. The van der Waals surface area contributed by atoms with Crippen molar-refractivity contribution in [2.45, 2.75) is 26.2 Å². The van der Waals surface area contributed by atoms with Crippen molar-refractivity contribution in [1.29, 1.82) is 0 Å². The summed E-state index contributed by atoms with van der Waals surface area (Å²) in [4.78, 5) is 5.50. The smallest absolute Gasteiger partial charge is 0.0746 e. The Morgan fingerprint density at radius 1 is 0.385 bits per heavy atom. The van der Waals surface area contributed by atoms with E-state index in [1.807, 2.05) is 13.0 Å². The summed E-state index contributed by atoms with van der Waals surface area (Å²) >= 11 is 0. The Morgan fingerprint density at radius 2 is 0.769 bits per heavy atom. The lowest BCUT2D eigenvalue weighted by atomic mass is 9.70. The molecule has 11 rings (SSSR count). The molecule has 9 aromatic rings. The zero-order chi connectivity index (χ0) is 43.9. The van der Waals surface area contributed by atoms with E-state index in [1.54, 1.807) is 0 Å². The van der Waals surface area contributed by atoms with E-state index in [0.29, 0.717) is 0 Å². The molecule has 0 aromatic heterocycles. The quantitative estimate of drug-likeness (QED) is 0.0822. The van der Waals surface area contributed by atoms with Gasteiger partial charge in [0.25, 0.3) is 0 Å². The van der Waals surface area contributed by atoms with E-state index < -0.39 is 0 Å². The lowest BCUT2D eigenvalue weighted by Crippen LogP contribution is -2.25. The standard InChI is InChI=1S/C64H47N/c1-4-17-54(51-36-32-48(33-37-51)46-18-7-5-8-19-46)43(2)63(52-38-34-49(35-39-52)47-20-9-6-10-21-47)65-44(3)45-28-30-50(31-29-45)53-40-41-58-57-24-13-16-27-61(57)64(62(58)42-53)59-25-14-11-22-55(59)56-23-12-15-26-60(56)64/h4-16,18-42H,1-3H3/b63-43-,65-44+. The van der Waals surface area contributed by atoms with E-state index >= 15 is 0 Å². The summed E-state index contributed by atoms with van der Waals surface area (Å²) in [5.74, 6) is 0. The number of hydrogen-bond donors (Lipinski definition) is 0. The predicted octanol–water partition coefficient (Wildman–Crippen LogP) is 16.5. The normalized spacial score (nSPS) is 13.2. The second-order valence-electron chi connectivity index (χ2n) is 17.1. The molecule has 308 valence electrons. The van der Waals surface area contributed by atoms with Crippen LogP contribution in [0.5, 0.6) is 0 Å². The minimum atomic E-state index is -0.373. The summed E-state index contributed by atoms with van der Waals surface area (Å²) in [7, 11) is 0. The number of aliphatic imine (C=N–C) groups is 1. The summed E-state index contributed by atoms with van der Waals surface area (Å²) in [6, 6.07) is 81.7. The summed E-state index contributed by atoms with van der Waals surface area (Å²) < 4.78 is 0. The Kier molecular flexibility index (Phi) is 10.1. The average molecular weight is 830 g/mol. The predicted molar refractivity (Wildman–Crippen MR) is 274 cm³/mol. The molecule has 1 nitrogen and oxygen atoms in total. The summed E-state index contributed by atoms with van der Waals surface area (Å²) in [6.07, 6.45) is 2.00. The fourth-order valence-electron chi connectivity index (χ4n) is 10.4. The van der Waals surface area contributed by atoms with Crippen LogP contribution in [0.2, 0.25) is 0 Å². The van der Waals surface area contributed by atoms with E-state index in [9.17, 15) is 0 Å². The van der Waals surface area contributed by atoms with Gasteiger partial charge in [-0.3, -0.25) is 4.99 Å². The van der Waals surface area contributed by atoms with Crippen LogP contribution in [-0.4, -0.2) is 5.71 Å². The van der Waals surface area contributed by atoms with Gasteiger partial charge in [-0.2, -0.15) is 0 Å². The minimum Gasteiger partial charge on any atom is -0.252 e. The summed E-state index contributed by atoms with van der Waals surface area (Å²) in [5, 5.41) is 0. The van der Waals surface area contributed by atoms with Crippen molar-refractivity contribution in [3.8, 4) is 55.6 Å². The van der Waals surface area contributed by atoms with Gasteiger partial charge < -0.3 is 0 Å². The van der Waals surface area contributed by atoms with Crippen LogP contribution in [0.15, 0.2) is 247 Å². The zero-order valence-corrected chi connectivity index (χ0v) is 36.9. The molecule has 0 atom stereocenters. The maximum absolute atomic E-state index is 5.50. The largest absolute Gasteiger partial charge is 0.252 e. The van der Waals surface area contributed by atoms with E-state index in [-0.39, 0.29) is 5.41 Å². The molecule has 0 saturated heterocycles. The van der Waals surface area contributed by atoms with E-state index in [0.717, 1.165) is 39.2 Å². The Bertz CT molecular complexity index is 3310. The first kappa shape index (κ1) is 39.7. The van der Waals surface area contributed by atoms with Crippen LogP contribution in [0, 0.1) is 0 Å². The molecule has 0 radical (unpaired) electrons. The molecule has 0 N–H and O–H groups in total. The number of allylic oxidation sites excluding steroid dienone is 2. The van der Waals surface area contributed by atoms with Crippen LogP contribution >= 0.6 is 0 Å². The van der Waals surface area contributed by atoms with E-state index in [4.69, 9.17) is 4.99 Å². The van der Waals surface area contributed by atoms with Gasteiger partial charge in [0, 0.05) is 16.8 Å². The molecule has 0 amide bonds. The van der Waals surface area contributed by atoms with Gasteiger partial charge in [-0.1, -0.05) is 218 Å². The van der Waals surface area contributed by atoms with Crippen LogP contribution in [0.1, 0.15) is 59.7 Å². The van der Waals surface area contributed by atoms with Crippen molar-refractivity contribution in [2.24, 2.45) is 4.99 Å². The van der Waals surface area contributed by atoms with Crippen molar-refractivity contribution >= 4 is 17.0 Å². The van der Waals surface area contributed by atoms with Gasteiger partial charge in [-0.05, 0) is 128 Å². The van der Waals surface area contributed by atoms with Crippen LogP contribution in [0.3, 0.4) is 0 Å². The molecule has 0 heterocycles. The van der Waals surface area contributed by atoms with Gasteiger partial charge in [-0.15, -0.1) is 5.73 Å². The summed E-state index contributed by atoms with van der Waals surface area (Å²) in [5.41, 5.74) is 28.2. The lowest BCUT2D eigenvalue weighted by Gasteiger charge is -2.30. The SMILES string of the molecule is CC=C=C(/C(C)=C(\N=C(/C)c1ccc(-c2ccc3c(c2)C2(c4ccccc4-c4ccccc42)c2ccccc2-3)cc1)c1ccc(-c2ccccc2)cc1)c1ccc(-c2ccccc2)cc1. The van der Waals surface area contributed by atoms with Crippen molar-refractivity contribution in [1.82, 2.24) is 0 Å². The molecule has 1 spiro atoms. The molecule has 2 aliphatic carbocycles. The fourth-order valence-corrected chi connectivity index (χ4v) is 10.4. The van der Waals surface area contributed by atoms with Gasteiger partial charge in [0.05, 0.1) is 11.1 Å². The lowest BCUT2D eigenvalue weighted by molar-refractivity contribution is 0.794. The molecule has 9 aromatic carbocycles. The first-order valence-electron chi connectivity index (χ1n) is 22.6. The Balaban J connectivity index is 0.982. The molecule has 0 unspecified atom stereocenters. The molecule has 1 heteroatoms. The van der Waals surface area contributed by atoms with Gasteiger partial charge in [-0.25, -0.2) is 0 Å². The van der Waals surface area contributed by atoms with E-state index in [2.05, 4.69) is 244 Å². The Hall–Kier alpha value is -8.09. The number of nitrogens with zero attached hydrogens (tertiary/aromatic N) is 1. The van der Waals surface area contributed by atoms with Crippen LogP contribution in [0.4, 0.5) is 0 Å². The molecule has 0 aliphatic heterocycles. The van der Waals surface area contributed by atoms with Crippen LogP contribution < -0.4 is 0 Å². The van der Waals surface area contributed by atoms with Gasteiger partial charge >= 0.3 is 0 Å². The average Bonchev–Trinajstić information content (AvgIpc) is 3.85. The van der Waals surface area contributed by atoms with Crippen molar-refractivity contribution in [2.75, 3.05) is 0 Å². The third-order valence-electron chi connectivity index (χ3n) is 13.5. The van der Waals surface area contributed by atoms with Crippen LogP contribution in [0.25, 0.3) is 66.9 Å². The van der Waals surface area contributed by atoms with Gasteiger partial charge in [0.1, 0.15) is 0 Å². The number of fused-ring (bicyclic) bond motifs is 10. The maximum atomic E-state index is 5.50. The highest BCUT2D eigenvalue weighted by molar-refractivity contribution is 6.04. The monoisotopic (exact) mass is 829 g/mol. The van der Waals surface area contributed by atoms with Crippen LogP contribution in [-0.2, 0) is 5.41 Å². The second kappa shape index (κ2) is 16.6. The fraction of sp³-hybridized carbons (Fsp3) is 0.0625. The first-order valence-corrected chi connectivity index (χ1v) is 22.6. The van der Waals surface area contributed by atoms with Crippen molar-refractivity contribution in [3.05, 3.63) is 281 Å². The number of benzene rings is 9. The van der Waals surface area contributed by atoms with E-state index in [1.165, 1.54) is 77.9 Å². The zero-order valence-electron chi connectivity index (χ0n) is 36.9. The van der Waals surface area contributed by atoms with Gasteiger partial charge in [0.15, 0.2) is 0 Å². The molecule has 0 saturated carbocycles. The first-order chi connectivity index (χ1) is 32.0. The highest BCUT2D eigenvalue weighted by atomic mass is 14.8. The highest BCUT2D eigenvalue weighted by Gasteiger charge is 2.51. The third-order valence-corrected chi connectivity index (χ3v) is 13.5. The number of hydrogen-bond acceptors (Lipinski definition) is 1. The summed E-state index contributed by atoms with van der Waals surface area (Å²) in [6.45, 7) is 6.33. The van der Waals surface area contributed by atoms with Gasteiger partial charge in [0.2, 0.25) is 0 Å². The molecule has 65 heavy (non-hydrogen) atoms. The Labute approximate surface area is 382 Å². The minimum absolute atomic E-state index is 0.373. The molecular formula is C64H47N. The number of rotatable bonds is 8.